The van der Waals surface area contributed by atoms with Crippen LogP contribution in [0.5, 0.6) is 0 Å². The number of benzene rings is 1. The summed E-state index contributed by atoms with van der Waals surface area (Å²) in [7, 11) is 0. The molecule has 11 nitrogen and oxygen atoms in total. The van der Waals surface area contributed by atoms with E-state index in [0.29, 0.717) is 0 Å². The summed E-state index contributed by atoms with van der Waals surface area (Å²) in [6.07, 6.45) is -0.167. The number of carboxylic acids is 1. The van der Waals surface area contributed by atoms with E-state index < -0.39 is 41.5 Å². The van der Waals surface area contributed by atoms with E-state index in [1.54, 1.807) is 0 Å². The average Bonchev–Trinajstić information content (AvgIpc) is 2.89. The van der Waals surface area contributed by atoms with Crippen molar-refractivity contribution in [3.05, 3.63) is 29.3 Å². The fraction of sp³-hybridized carbons (Fsp3) is 0.333. The van der Waals surface area contributed by atoms with Gasteiger partial charge in [0.15, 0.2) is 0 Å². The average molecular weight is 403 g/mol. The van der Waals surface area contributed by atoms with Crippen LogP contribution in [0.2, 0.25) is 0 Å². The van der Waals surface area contributed by atoms with Gasteiger partial charge in [0.2, 0.25) is 17.7 Å². The van der Waals surface area contributed by atoms with Crippen molar-refractivity contribution < 1.29 is 38.6 Å². The maximum Gasteiger partial charge on any atom is 0.305 e. The Bertz CT molecular complexity index is 926. The summed E-state index contributed by atoms with van der Waals surface area (Å²) >= 11 is 0. The minimum absolute atomic E-state index is 0.0208. The standard InChI is InChI=1S/C18H17N3O8/c22-13-4-3-12(16(26)20-13)21-17(27)10-2-1-9(7-11(10)18(21)28)19-14(23)8-29-6-5-15(24)25/h1-2,7,12H,3-6,8H2,(H,19,23)(H,24,25)(H,20,22,26). The maximum atomic E-state index is 12.7. The highest BCUT2D eigenvalue weighted by Crippen LogP contribution is 2.29. The summed E-state index contributed by atoms with van der Waals surface area (Å²) < 4.78 is 4.93. The van der Waals surface area contributed by atoms with Crippen LogP contribution in [0.25, 0.3) is 0 Å². The van der Waals surface area contributed by atoms with Crippen LogP contribution in [0.4, 0.5) is 5.69 Å². The molecule has 1 saturated heterocycles. The number of fused-ring (bicyclic) bond motifs is 1. The number of hydrogen-bond donors (Lipinski definition) is 3. The van der Waals surface area contributed by atoms with Gasteiger partial charge in [0, 0.05) is 12.1 Å². The largest absolute Gasteiger partial charge is 0.481 e. The molecule has 1 aromatic carbocycles. The lowest BCUT2D eigenvalue weighted by Crippen LogP contribution is -2.54. The second-order valence-electron chi connectivity index (χ2n) is 6.45. The van der Waals surface area contributed by atoms with Gasteiger partial charge in [0.1, 0.15) is 12.6 Å². The molecule has 0 aliphatic carbocycles. The first-order valence-electron chi connectivity index (χ1n) is 8.73. The van der Waals surface area contributed by atoms with E-state index in [-0.39, 0.29) is 49.3 Å². The van der Waals surface area contributed by atoms with E-state index in [2.05, 4.69) is 10.6 Å². The molecule has 1 atom stereocenters. The van der Waals surface area contributed by atoms with Crippen molar-refractivity contribution in [1.82, 2.24) is 10.2 Å². The number of aliphatic carboxylic acids is 1. The van der Waals surface area contributed by atoms with Crippen molar-refractivity contribution in [2.45, 2.75) is 25.3 Å². The summed E-state index contributed by atoms with van der Waals surface area (Å²) in [6, 6.07) is 3.03. The number of nitrogens with zero attached hydrogens (tertiary/aromatic N) is 1. The molecule has 0 spiro atoms. The Morgan fingerprint density at radius 3 is 2.59 bits per heavy atom. The van der Waals surface area contributed by atoms with Gasteiger partial charge in [-0.3, -0.25) is 39.0 Å². The lowest BCUT2D eigenvalue weighted by atomic mass is 10.0. The number of hydrogen-bond acceptors (Lipinski definition) is 7. The van der Waals surface area contributed by atoms with Gasteiger partial charge in [-0.15, -0.1) is 0 Å². The molecular formula is C18H17N3O8. The van der Waals surface area contributed by atoms with Crippen LogP contribution in [0, 0.1) is 0 Å². The van der Waals surface area contributed by atoms with E-state index >= 15 is 0 Å². The first kappa shape index (κ1) is 20.1. The van der Waals surface area contributed by atoms with Crippen LogP contribution >= 0.6 is 0 Å². The molecule has 2 aliphatic rings. The predicted octanol–water partition coefficient (Wildman–Crippen LogP) is -0.482. The Hall–Kier alpha value is -3.60. The van der Waals surface area contributed by atoms with E-state index in [4.69, 9.17) is 9.84 Å². The Balaban J connectivity index is 1.67. The molecule has 0 aromatic heterocycles. The number of carbonyl (C=O) groups excluding carboxylic acids is 5. The van der Waals surface area contributed by atoms with Crippen molar-refractivity contribution >= 4 is 41.2 Å². The summed E-state index contributed by atoms with van der Waals surface area (Å²) in [4.78, 5) is 71.7. The smallest absolute Gasteiger partial charge is 0.305 e. The summed E-state index contributed by atoms with van der Waals surface area (Å²) in [5.74, 6) is -4.11. The molecule has 152 valence electrons. The first-order chi connectivity index (χ1) is 13.8. The highest BCUT2D eigenvalue weighted by molar-refractivity contribution is 6.23. The summed E-state index contributed by atoms with van der Waals surface area (Å²) in [5, 5.41) is 13.1. The normalized spacial score (nSPS) is 18.5. The SMILES string of the molecule is O=C(O)CCOCC(=O)Nc1ccc2c(c1)C(=O)N(C1CCC(=O)NC1=O)C2=O. The van der Waals surface area contributed by atoms with Gasteiger partial charge >= 0.3 is 5.97 Å². The quantitative estimate of drug-likeness (QED) is 0.406. The number of rotatable bonds is 7. The Morgan fingerprint density at radius 1 is 1.17 bits per heavy atom. The van der Waals surface area contributed by atoms with Crippen LogP contribution in [0.1, 0.15) is 40.0 Å². The number of amides is 5. The van der Waals surface area contributed by atoms with Gasteiger partial charge in [-0.05, 0) is 24.6 Å². The predicted molar refractivity (Wildman–Crippen MR) is 94.8 cm³/mol. The molecular weight excluding hydrogens is 386 g/mol. The first-order valence-corrected chi connectivity index (χ1v) is 8.73. The third kappa shape index (κ3) is 4.29. The molecule has 0 radical (unpaired) electrons. The Morgan fingerprint density at radius 2 is 1.90 bits per heavy atom. The fourth-order valence-corrected chi connectivity index (χ4v) is 3.07. The molecule has 3 rings (SSSR count). The number of anilines is 1. The summed E-state index contributed by atoms with van der Waals surface area (Å²) in [6.45, 7) is -0.500. The molecule has 1 unspecified atom stereocenters. The minimum Gasteiger partial charge on any atom is -0.481 e. The number of carboxylic acid groups (broad SMARTS) is 1. The van der Waals surface area contributed by atoms with Crippen LogP contribution in [0.15, 0.2) is 18.2 Å². The van der Waals surface area contributed by atoms with Gasteiger partial charge in [-0.2, -0.15) is 0 Å². The zero-order chi connectivity index (χ0) is 21.1. The molecule has 1 fully saturated rings. The highest BCUT2D eigenvalue weighted by atomic mass is 16.5. The molecule has 0 bridgehead atoms. The zero-order valence-corrected chi connectivity index (χ0v) is 15.1. The number of piperidine rings is 1. The molecule has 1 aromatic rings. The maximum absolute atomic E-state index is 12.7. The Labute approximate surface area is 164 Å². The topological polar surface area (TPSA) is 159 Å². The van der Waals surface area contributed by atoms with Crippen LogP contribution in [-0.2, 0) is 23.9 Å². The molecule has 3 N–H and O–H groups in total. The van der Waals surface area contributed by atoms with Crippen molar-refractivity contribution in [2.75, 3.05) is 18.5 Å². The lowest BCUT2D eigenvalue weighted by molar-refractivity contribution is -0.139. The third-order valence-corrected chi connectivity index (χ3v) is 4.42. The van der Waals surface area contributed by atoms with Gasteiger partial charge in [-0.25, -0.2) is 0 Å². The molecule has 11 heteroatoms. The van der Waals surface area contributed by atoms with E-state index in [9.17, 15) is 28.8 Å². The number of carbonyl (C=O) groups is 6. The zero-order valence-electron chi connectivity index (χ0n) is 15.1. The van der Waals surface area contributed by atoms with Gasteiger partial charge in [0.05, 0.1) is 24.2 Å². The number of nitrogens with one attached hydrogen (secondary N) is 2. The van der Waals surface area contributed by atoms with Gasteiger partial charge in [0.25, 0.3) is 11.8 Å². The lowest BCUT2D eigenvalue weighted by Gasteiger charge is -2.27. The molecule has 29 heavy (non-hydrogen) atoms. The van der Waals surface area contributed by atoms with Crippen LogP contribution in [0.3, 0.4) is 0 Å². The summed E-state index contributed by atoms with van der Waals surface area (Å²) in [5.41, 5.74) is 0.363. The van der Waals surface area contributed by atoms with Crippen molar-refractivity contribution in [3.63, 3.8) is 0 Å². The number of ether oxygens (including phenoxy) is 1. The van der Waals surface area contributed by atoms with E-state index in [0.717, 1.165) is 4.90 Å². The molecule has 2 heterocycles. The van der Waals surface area contributed by atoms with Crippen LogP contribution < -0.4 is 10.6 Å². The van der Waals surface area contributed by atoms with Crippen molar-refractivity contribution in [2.24, 2.45) is 0 Å². The van der Waals surface area contributed by atoms with Crippen molar-refractivity contribution in [1.29, 1.82) is 0 Å². The highest BCUT2D eigenvalue weighted by Gasteiger charge is 2.44. The monoisotopic (exact) mass is 403 g/mol. The molecule has 0 saturated carbocycles. The van der Waals surface area contributed by atoms with Gasteiger partial charge in [-0.1, -0.05) is 0 Å². The van der Waals surface area contributed by atoms with Crippen LogP contribution in [-0.4, -0.2) is 64.8 Å². The second kappa shape index (κ2) is 8.19. The van der Waals surface area contributed by atoms with Crippen molar-refractivity contribution in [3.8, 4) is 0 Å². The fourth-order valence-electron chi connectivity index (χ4n) is 3.07. The second-order valence-corrected chi connectivity index (χ2v) is 6.45. The number of imide groups is 2. The Kier molecular flexibility index (Phi) is 5.69. The van der Waals surface area contributed by atoms with E-state index in [1.165, 1.54) is 18.2 Å². The van der Waals surface area contributed by atoms with Gasteiger partial charge < -0.3 is 15.2 Å². The molecule has 5 amide bonds. The molecule has 2 aliphatic heterocycles. The minimum atomic E-state index is -1.07. The third-order valence-electron chi connectivity index (χ3n) is 4.42. The van der Waals surface area contributed by atoms with E-state index in [1.807, 2.05) is 0 Å².